The molecule has 0 spiro atoms. The van der Waals surface area contributed by atoms with Crippen LogP contribution in [0.4, 0.5) is 0 Å². The third kappa shape index (κ3) is 8.18. The Kier molecular flexibility index (Phi) is 9.86. The van der Waals surface area contributed by atoms with Crippen molar-refractivity contribution in [1.82, 2.24) is 15.2 Å². The molecule has 0 radical (unpaired) electrons. The number of aliphatic hydroxyl groups excluding tert-OH is 1. The minimum Gasteiger partial charge on any atom is -0.374 e. The number of aliphatic hydroxyl groups is 2. The van der Waals surface area contributed by atoms with Crippen molar-refractivity contribution in [1.29, 1.82) is 0 Å². The van der Waals surface area contributed by atoms with E-state index in [1.807, 2.05) is 12.1 Å². The summed E-state index contributed by atoms with van der Waals surface area (Å²) >= 11 is 14.9. The van der Waals surface area contributed by atoms with Crippen molar-refractivity contribution in [3.05, 3.63) is 44.9 Å². The summed E-state index contributed by atoms with van der Waals surface area (Å²) in [5.41, 5.74) is 1.35. The van der Waals surface area contributed by atoms with E-state index in [9.17, 15) is 4.79 Å². The molecule has 0 unspecified atom stereocenters. The SMILES string of the molecule is O=C(CCCSc1nc(C(O)O)cs1)NC[C@H]1CN(Cc2ccc(Cl)c(Cl)c2)CCO1. The largest absolute Gasteiger partial charge is 0.374 e. The molecular weight excluding hydrogens is 481 g/mol. The van der Waals surface area contributed by atoms with Gasteiger partial charge in [0.05, 0.1) is 22.8 Å². The number of aromatic nitrogens is 1. The zero-order valence-corrected chi connectivity index (χ0v) is 19.9. The topological polar surface area (TPSA) is 94.9 Å². The molecule has 1 amide bonds. The number of ether oxygens (including phenoxy) is 1. The van der Waals surface area contributed by atoms with Crippen LogP contribution in [0.3, 0.4) is 0 Å². The summed E-state index contributed by atoms with van der Waals surface area (Å²) in [5, 5.41) is 23.8. The summed E-state index contributed by atoms with van der Waals surface area (Å²) in [6.07, 6.45) is -0.456. The van der Waals surface area contributed by atoms with Crippen LogP contribution >= 0.6 is 46.3 Å². The molecule has 2 aromatic rings. The summed E-state index contributed by atoms with van der Waals surface area (Å²) < 4.78 is 6.55. The van der Waals surface area contributed by atoms with Gasteiger partial charge in [0.25, 0.3) is 0 Å². The first-order valence-electron chi connectivity index (χ1n) is 9.89. The average Bonchev–Trinajstić information content (AvgIpc) is 3.22. The van der Waals surface area contributed by atoms with Crippen LogP contribution in [-0.4, -0.2) is 64.1 Å². The monoisotopic (exact) mass is 505 g/mol. The lowest BCUT2D eigenvalue weighted by Gasteiger charge is -2.33. The van der Waals surface area contributed by atoms with Gasteiger partial charge in [-0.1, -0.05) is 41.0 Å². The van der Waals surface area contributed by atoms with Gasteiger partial charge in [0.1, 0.15) is 10.0 Å². The number of rotatable bonds is 10. The highest BCUT2D eigenvalue weighted by Crippen LogP contribution is 2.26. The molecule has 0 aliphatic carbocycles. The fraction of sp³-hybridized carbons (Fsp3) is 0.500. The number of carbonyl (C=O) groups excluding carboxylic acids is 1. The predicted molar refractivity (Wildman–Crippen MR) is 124 cm³/mol. The Balaban J connectivity index is 1.32. The summed E-state index contributed by atoms with van der Waals surface area (Å²) in [6, 6.07) is 5.66. The molecule has 3 N–H and O–H groups in total. The van der Waals surface area contributed by atoms with Gasteiger partial charge in [-0.05, 0) is 24.1 Å². The van der Waals surface area contributed by atoms with Crippen LogP contribution in [0.1, 0.15) is 30.4 Å². The van der Waals surface area contributed by atoms with Crippen molar-refractivity contribution in [3.8, 4) is 0 Å². The number of hydrogen-bond donors (Lipinski definition) is 3. The third-order valence-electron chi connectivity index (χ3n) is 4.68. The first-order chi connectivity index (χ1) is 14.9. The fourth-order valence-electron chi connectivity index (χ4n) is 3.11. The molecule has 31 heavy (non-hydrogen) atoms. The molecule has 1 saturated heterocycles. The van der Waals surface area contributed by atoms with Crippen molar-refractivity contribution in [2.75, 3.05) is 32.0 Å². The second kappa shape index (κ2) is 12.4. The molecule has 0 bridgehead atoms. The highest BCUT2D eigenvalue weighted by molar-refractivity contribution is 8.01. The van der Waals surface area contributed by atoms with Crippen LogP contribution in [0.25, 0.3) is 0 Å². The minimum absolute atomic E-state index is 0.00332. The highest BCUT2D eigenvalue weighted by Gasteiger charge is 2.21. The normalized spacial score (nSPS) is 17.3. The minimum atomic E-state index is -1.54. The van der Waals surface area contributed by atoms with Gasteiger partial charge in [-0.3, -0.25) is 9.69 Å². The maximum absolute atomic E-state index is 12.1. The van der Waals surface area contributed by atoms with Crippen molar-refractivity contribution < 1.29 is 19.7 Å². The average molecular weight is 506 g/mol. The second-order valence-electron chi connectivity index (χ2n) is 7.14. The quantitative estimate of drug-likeness (QED) is 0.259. The summed E-state index contributed by atoms with van der Waals surface area (Å²) in [5.74, 6) is 0.732. The molecule has 2 heterocycles. The van der Waals surface area contributed by atoms with E-state index < -0.39 is 6.29 Å². The van der Waals surface area contributed by atoms with Crippen molar-refractivity contribution in [2.45, 2.75) is 36.1 Å². The van der Waals surface area contributed by atoms with Crippen LogP contribution in [0.15, 0.2) is 27.9 Å². The number of thiazole rings is 1. The Hall–Kier alpha value is -0.910. The molecule has 1 aliphatic heterocycles. The van der Waals surface area contributed by atoms with E-state index in [0.29, 0.717) is 36.0 Å². The van der Waals surface area contributed by atoms with E-state index in [1.165, 1.54) is 23.1 Å². The third-order valence-corrected chi connectivity index (χ3v) is 7.54. The van der Waals surface area contributed by atoms with Crippen LogP contribution < -0.4 is 5.32 Å². The second-order valence-corrected chi connectivity index (χ2v) is 10.2. The van der Waals surface area contributed by atoms with E-state index in [1.54, 1.807) is 11.4 Å². The lowest BCUT2D eigenvalue weighted by atomic mass is 10.2. The Morgan fingerprint density at radius 2 is 2.23 bits per heavy atom. The Morgan fingerprint density at radius 1 is 1.39 bits per heavy atom. The van der Waals surface area contributed by atoms with Crippen LogP contribution in [0.5, 0.6) is 0 Å². The van der Waals surface area contributed by atoms with Gasteiger partial charge in [0.2, 0.25) is 5.91 Å². The molecule has 0 saturated carbocycles. The first-order valence-corrected chi connectivity index (χ1v) is 12.5. The predicted octanol–water partition coefficient (Wildman–Crippen LogP) is 3.32. The number of nitrogens with zero attached hydrogens (tertiary/aromatic N) is 2. The van der Waals surface area contributed by atoms with Gasteiger partial charge in [0, 0.05) is 43.7 Å². The van der Waals surface area contributed by atoms with Gasteiger partial charge >= 0.3 is 0 Å². The van der Waals surface area contributed by atoms with Crippen molar-refractivity contribution in [3.63, 3.8) is 0 Å². The van der Waals surface area contributed by atoms with Gasteiger partial charge in [0.15, 0.2) is 6.29 Å². The van der Waals surface area contributed by atoms with Gasteiger partial charge in [-0.25, -0.2) is 4.98 Å². The van der Waals surface area contributed by atoms with E-state index in [2.05, 4.69) is 15.2 Å². The summed E-state index contributed by atoms with van der Waals surface area (Å²) in [7, 11) is 0. The lowest BCUT2D eigenvalue weighted by molar-refractivity contribution is -0.122. The van der Waals surface area contributed by atoms with Gasteiger partial charge in [-0.15, -0.1) is 11.3 Å². The van der Waals surface area contributed by atoms with Crippen molar-refractivity contribution >= 4 is 52.2 Å². The number of morpholine rings is 1. The highest BCUT2D eigenvalue weighted by atomic mass is 35.5. The van der Waals surface area contributed by atoms with Crippen LogP contribution in [0, 0.1) is 0 Å². The molecule has 170 valence electrons. The maximum Gasteiger partial charge on any atom is 0.220 e. The maximum atomic E-state index is 12.1. The molecule has 3 rings (SSSR count). The number of carbonyl (C=O) groups is 1. The van der Waals surface area contributed by atoms with Crippen LogP contribution in [0.2, 0.25) is 10.0 Å². The van der Waals surface area contributed by atoms with E-state index >= 15 is 0 Å². The Bertz CT molecular complexity index is 869. The van der Waals surface area contributed by atoms with E-state index in [0.717, 1.165) is 35.3 Å². The molecule has 1 fully saturated rings. The molecule has 7 nitrogen and oxygen atoms in total. The smallest absolute Gasteiger partial charge is 0.220 e. The van der Waals surface area contributed by atoms with E-state index in [-0.39, 0.29) is 17.7 Å². The zero-order valence-electron chi connectivity index (χ0n) is 16.8. The zero-order chi connectivity index (χ0) is 22.2. The number of amides is 1. The van der Waals surface area contributed by atoms with Crippen molar-refractivity contribution in [2.24, 2.45) is 0 Å². The van der Waals surface area contributed by atoms with Gasteiger partial charge in [-0.2, -0.15) is 0 Å². The lowest BCUT2D eigenvalue weighted by Crippen LogP contribution is -2.47. The number of halogens is 2. The number of thioether (sulfide) groups is 1. The van der Waals surface area contributed by atoms with E-state index in [4.69, 9.17) is 38.2 Å². The molecule has 1 aromatic carbocycles. The number of hydrogen-bond acceptors (Lipinski definition) is 8. The molecular formula is C20H25Cl2N3O4S2. The number of benzene rings is 1. The standard InChI is InChI=1S/C20H25Cl2N3O4S2/c21-15-4-3-13(8-16(15)22)10-25-5-6-29-14(11-25)9-23-18(26)2-1-7-30-20-24-17(12-31-20)19(27)28/h3-4,8,12,14,19,27-28H,1-2,5-7,9-11H2,(H,23,26)/t14-/m0/s1. The molecule has 1 aromatic heterocycles. The van der Waals surface area contributed by atoms with Gasteiger partial charge < -0.3 is 20.3 Å². The molecule has 1 atom stereocenters. The Morgan fingerprint density at radius 3 is 2.97 bits per heavy atom. The van der Waals surface area contributed by atoms with Crippen LogP contribution in [-0.2, 0) is 16.1 Å². The summed E-state index contributed by atoms with van der Waals surface area (Å²) in [4.78, 5) is 18.5. The number of nitrogens with one attached hydrogen (secondary N) is 1. The first kappa shape index (κ1) is 24.7. The molecule has 11 heteroatoms. The fourth-order valence-corrected chi connectivity index (χ4v) is 5.28. The Labute approximate surface area is 199 Å². The summed E-state index contributed by atoms with van der Waals surface area (Å²) in [6.45, 7) is 3.42. The molecule has 1 aliphatic rings.